The van der Waals surface area contributed by atoms with Crippen molar-refractivity contribution in [2.45, 2.75) is 26.3 Å². The molecule has 2 aromatic heterocycles. The first kappa shape index (κ1) is 17.4. The highest BCUT2D eigenvalue weighted by Crippen LogP contribution is 2.06. The van der Waals surface area contributed by atoms with E-state index < -0.39 is 0 Å². The van der Waals surface area contributed by atoms with E-state index in [9.17, 15) is 0 Å². The zero-order valence-electron chi connectivity index (χ0n) is 12.1. The van der Waals surface area contributed by atoms with Gasteiger partial charge in [0.25, 0.3) is 0 Å². The van der Waals surface area contributed by atoms with E-state index in [-0.39, 0.29) is 24.0 Å². The Balaban J connectivity index is 0.00000220. The van der Waals surface area contributed by atoms with Gasteiger partial charge in [0.2, 0.25) is 0 Å². The summed E-state index contributed by atoms with van der Waals surface area (Å²) in [6.45, 7) is 3.54. The molecule has 0 aliphatic carbocycles. The fraction of sp³-hybridized carbons (Fsp3) is 0.357. The maximum atomic E-state index is 5.78. The summed E-state index contributed by atoms with van der Waals surface area (Å²) < 4.78 is 1.85. The van der Waals surface area contributed by atoms with Gasteiger partial charge in [-0.2, -0.15) is 0 Å². The number of rotatable bonds is 6. The van der Waals surface area contributed by atoms with Crippen LogP contribution < -0.4 is 11.1 Å². The number of hydrogen-bond donors (Lipinski definition) is 2. The third kappa shape index (κ3) is 5.70. The number of imidazole rings is 1. The molecule has 7 heteroatoms. The largest absolute Gasteiger partial charge is 0.370 e. The van der Waals surface area contributed by atoms with E-state index >= 15 is 0 Å². The smallest absolute Gasteiger partial charge is 0.188 e. The van der Waals surface area contributed by atoms with E-state index in [4.69, 9.17) is 5.73 Å². The lowest BCUT2D eigenvalue weighted by atomic mass is 10.3. The van der Waals surface area contributed by atoms with Crippen molar-refractivity contribution in [2.24, 2.45) is 10.7 Å². The Bertz CT molecular complexity index is 535. The topological polar surface area (TPSA) is 81.1 Å². The highest BCUT2D eigenvalue weighted by molar-refractivity contribution is 14.0. The van der Waals surface area contributed by atoms with Gasteiger partial charge in [0.15, 0.2) is 5.96 Å². The van der Waals surface area contributed by atoms with E-state index in [1.54, 1.807) is 18.7 Å². The maximum Gasteiger partial charge on any atom is 0.188 e. The molecule has 0 aromatic carbocycles. The summed E-state index contributed by atoms with van der Waals surface area (Å²) in [6, 6.07) is 3.93. The second kappa shape index (κ2) is 9.32. The van der Waals surface area contributed by atoms with Gasteiger partial charge >= 0.3 is 0 Å². The van der Waals surface area contributed by atoms with Crippen molar-refractivity contribution in [3.05, 3.63) is 42.6 Å². The molecule has 21 heavy (non-hydrogen) atoms. The highest BCUT2D eigenvalue weighted by Gasteiger charge is 1.98. The third-order valence-corrected chi connectivity index (χ3v) is 2.85. The molecule has 0 amide bonds. The Hall–Kier alpha value is -1.64. The van der Waals surface area contributed by atoms with Crippen molar-refractivity contribution in [3.8, 4) is 5.82 Å². The molecule has 0 spiro atoms. The van der Waals surface area contributed by atoms with Crippen LogP contribution in [0.4, 0.5) is 0 Å². The molecule has 2 heterocycles. The minimum Gasteiger partial charge on any atom is -0.370 e. The number of aromatic nitrogens is 3. The number of guanidine groups is 1. The number of nitrogens with two attached hydrogens (primary N) is 1. The van der Waals surface area contributed by atoms with Gasteiger partial charge in [0.05, 0.1) is 6.54 Å². The molecule has 0 radical (unpaired) electrons. The Morgan fingerprint density at radius 2 is 2.29 bits per heavy atom. The van der Waals surface area contributed by atoms with Crippen molar-refractivity contribution >= 4 is 29.9 Å². The number of halogens is 1. The summed E-state index contributed by atoms with van der Waals surface area (Å²) in [5.74, 6) is 1.32. The normalized spacial score (nSPS) is 11.0. The second-order valence-electron chi connectivity index (χ2n) is 4.48. The summed E-state index contributed by atoms with van der Waals surface area (Å²) in [7, 11) is 0. The van der Waals surface area contributed by atoms with Crippen molar-refractivity contribution in [3.63, 3.8) is 0 Å². The van der Waals surface area contributed by atoms with Crippen LogP contribution in [0, 0.1) is 0 Å². The van der Waals surface area contributed by atoms with Crippen molar-refractivity contribution in [1.29, 1.82) is 0 Å². The van der Waals surface area contributed by atoms with Gasteiger partial charge in [-0.25, -0.2) is 15.0 Å². The van der Waals surface area contributed by atoms with Crippen LogP contribution in [0.2, 0.25) is 0 Å². The fourth-order valence-electron chi connectivity index (χ4n) is 1.68. The van der Waals surface area contributed by atoms with Crippen LogP contribution in [0.25, 0.3) is 5.82 Å². The molecular formula is C14H21IN6. The second-order valence-corrected chi connectivity index (χ2v) is 4.48. The molecule has 0 saturated heterocycles. The molecule has 0 aliphatic heterocycles. The first-order chi connectivity index (χ1) is 9.79. The molecular weight excluding hydrogens is 379 g/mol. The van der Waals surface area contributed by atoms with Gasteiger partial charge in [-0.15, -0.1) is 24.0 Å². The van der Waals surface area contributed by atoms with Gasteiger partial charge in [-0.05, 0) is 18.1 Å². The average Bonchev–Trinajstić information content (AvgIpc) is 3.00. The van der Waals surface area contributed by atoms with E-state index in [0.717, 1.165) is 30.8 Å². The van der Waals surface area contributed by atoms with Crippen molar-refractivity contribution < 1.29 is 0 Å². The summed E-state index contributed by atoms with van der Waals surface area (Å²) in [5.41, 5.74) is 6.80. The van der Waals surface area contributed by atoms with Gasteiger partial charge in [0, 0.05) is 25.1 Å². The van der Waals surface area contributed by atoms with Crippen LogP contribution in [-0.2, 0) is 6.54 Å². The Labute approximate surface area is 141 Å². The van der Waals surface area contributed by atoms with Crippen molar-refractivity contribution in [2.75, 3.05) is 6.54 Å². The van der Waals surface area contributed by atoms with E-state index in [1.165, 1.54) is 0 Å². The van der Waals surface area contributed by atoms with Crippen molar-refractivity contribution in [1.82, 2.24) is 19.9 Å². The summed E-state index contributed by atoms with van der Waals surface area (Å²) in [4.78, 5) is 12.6. The molecule has 0 bridgehead atoms. The Kier molecular flexibility index (Phi) is 7.73. The monoisotopic (exact) mass is 400 g/mol. The minimum absolute atomic E-state index is 0. The van der Waals surface area contributed by atoms with Crippen LogP contribution in [0.1, 0.15) is 25.3 Å². The lowest BCUT2D eigenvalue weighted by molar-refractivity contribution is 0.748. The molecule has 0 atom stereocenters. The molecule has 3 N–H and O–H groups in total. The predicted octanol–water partition coefficient (Wildman–Crippen LogP) is 2.09. The third-order valence-electron chi connectivity index (χ3n) is 2.85. The summed E-state index contributed by atoms with van der Waals surface area (Å²) in [6.07, 6.45) is 9.34. The maximum absolute atomic E-state index is 5.78. The Morgan fingerprint density at radius 1 is 1.43 bits per heavy atom. The number of nitrogens with one attached hydrogen (secondary N) is 1. The molecule has 2 rings (SSSR count). The van der Waals surface area contributed by atoms with Crippen LogP contribution in [0.5, 0.6) is 0 Å². The summed E-state index contributed by atoms with van der Waals surface area (Å²) in [5, 5.41) is 3.08. The molecule has 114 valence electrons. The number of pyridine rings is 1. The molecule has 2 aromatic rings. The lowest BCUT2D eigenvalue weighted by Gasteiger charge is -2.05. The first-order valence-corrected chi connectivity index (χ1v) is 6.76. The minimum atomic E-state index is 0. The molecule has 0 aliphatic rings. The van der Waals surface area contributed by atoms with Crippen LogP contribution in [0.15, 0.2) is 42.0 Å². The molecule has 0 fully saturated rings. The quantitative estimate of drug-likeness (QED) is 0.337. The average molecular weight is 400 g/mol. The lowest BCUT2D eigenvalue weighted by Crippen LogP contribution is -2.32. The van der Waals surface area contributed by atoms with Crippen LogP contribution in [0.3, 0.4) is 0 Å². The number of aliphatic imine (C=N–C) groups is 1. The summed E-state index contributed by atoms with van der Waals surface area (Å²) >= 11 is 0. The molecule has 0 unspecified atom stereocenters. The highest BCUT2D eigenvalue weighted by atomic mass is 127. The molecule has 6 nitrogen and oxygen atoms in total. The van der Waals surface area contributed by atoms with E-state index in [2.05, 4.69) is 27.2 Å². The fourth-order valence-corrected chi connectivity index (χ4v) is 1.68. The van der Waals surface area contributed by atoms with E-state index in [1.807, 2.05) is 22.9 Å². The van der Waals surface area contributed by atoms with Gasteiger partial charge in [0.1, 0.15) is 12.1 Å². The number of unbranched alkanes of at least 4 members (excludes halogenated alkanes) is 1. The zero-order valence-corrected chi connectivity index (χ0v) is 14.4. The number of hydrogen-bond acceptors (Lipinski definition) is 3. The SMILES string of the molecule is CCCCNC(N)=NCc1ccc(-n2ccnc2)nc1.I. The van der Waals surface area contributed by atoms with E-state index in [0.29, 0.717) is 12.5 Å². The molecule has 0 saturated carbocycles. The van der Waals surface area contributed by atoms with Crippen LogP contribution in [-0.4, -0.2) is 27.0 Å². The van der Waals surface area contributed by atoms with Gasteiger partial charge in [-0.1, -0.05) is 19.4 Å². The van der Waals surface area contributed by atoms with Gasteiger partial charge in [-0.3, -0.25) is 4.57 Å². The number of nitrogens with zero attached hydrogens (tertiary/aromatic N) is 4. The standard InChI is InChI=1S/C14H20N6.HI/c1-2-3-6-17-14(15)19-10-12-4-5-13(18-9-12)20-8-7-16-11-20;/h4-5,7-9,11H,2-3,6,10H2,1H3,(H3,15,17,19);1H. The zero-order chi connectivity index (χ0) is 14.2. The van der Waals surface area contributed by atoms with Crippen LogP contribution >= 0.6 is 24.0 Å². The van der Waals surface area contributed by atoms with Gasteiger partial charge < -0.3 is 11.1 Å². The Morgan fingerprint density at radius 3 is 2.90 bits per heavy atom. The first-order valence-electron chi connectivity index (χ1n) is 6.76. The predicted molar refractivity (Wildman–Crippen MR) is 95.0 cm³/mol.